The molecule has 1 rings (SSSR count). The first-order valence-electron chi connectivity index (χ1n) is 2.74. The van der Waals surface area contributed by atoms with Crippen molar-refractivity contribution in [1.29, 1.82) is 0 Å². The molecule has 0 radical (unpaired) electrons. The summed E-state index contributed by atoms with van der Waals surface area (Å²) in [6.45, 7) is 0. The van der Waals surface area contributed by atoms with Gasteiger partial charge in [-0.15, -0.1) is 0 Å². The average molecular weight is 170 g/mol. The Hall–Kier alpha value is -0.870. The highest BCUT2D eigenvalue weighted by molar-refractivity contribution is 5.28. The Kier molecular flexibility index (Phi) is 1.97. The summed E-state index contributed by atoms with van der Waals surface area (Å²) in [6.07, 6.45) is -5.22. The van der Waals surface area contributed by atoms with E-state index in [1.165, 1.54) is 0 Å². The van der Waals surface area contributed by atoms with E-state index in [1.54, 1.807) is 0 Å². The topological polar surface area (TPSA) is 0 Å². The zero-order chi connectivity index (χ0) is 8.59. The Morgan fingerprint density at radius 1 is 1.00 bits per heavy atom. The first-order chi connectivity index (χ1) is 5.04. The molecule has 0 nitrogen and oxygen atoms in total. The first-order valence-corrected chi connectivity index (χ1v) is 2.74. The normalized spacial score (nSPS) is 32.3. The molecule has 2 unspecified atom stereocenters. The van der Waals surface area contributed by atoms with Crippen molar-refractivity contribution in [2.45, 2.75) is 12.3 Å². The van der Waals surface area contributed by atoms with Crippen molar-refractivity contribution in [3.63, 3.8) is 0 Å². The lowest BCUT2D eigenvalue weighted by Gasteiger charge is -2.12. The maximum Gasteiger partial charge on any atom is 0.205 e. The molecule has 0 N–H and O–H groups in total. The van der Waals surface area contributed by atoms with E-state index in [2.05, 4.69) is 0 Å². The van der Waals surface area contributed by atoms with Crippen LogP contribution in [0.3, 0.4) is 0 Å². The number of allylic oxidation sites excluding steroid dienone is 4. The smallest absolute Gasteiger partial charge is 0.205 e. The van der Waals surface area contributed by atoms with Crippen LogP contribution in [-0.2, 0) is 0 Å². The molecule has 0 saturated heterocycles. The third-order valence-corrected chi connectivity index (χ3v) is 1.24. The number of hydrogen-bond donors (Lipinski definition) is 0. The predicted octanol–water partition coefficient (Wildman–Crippen LogP) is 2.68. The Bertz CT molecular complexity index is 229. The van der Waals surface area contributed by atoms with E-state index in [0.717, 1.165) is 0 Å². The summed E-state index contributed by atoms with van der Waals surface area (Å²) in [6, 6.07) is 0. The molecule has 0 aliphatic heterocycles. The molecule has 1 aliphatic carbocycles. The summed E-state index contributed by atoms with van der Waals surface area (Å²) >= 11 is 0. The van der Waals surface area contributed by atoms with Gasteiger partial charge in [0.15, 0.2) is 17.8 Å². The van der Waals surface area contributed by atoms with Crippen LogP contribution in [0.5, 0.6) is 0 Å². The molecule has 62 valence electrons. The van der Waals surface area contributed by atoms with Gasteiger partial charge in [0, 0.05) is 0 Å². The molecule has 1 aliphatic rings. The summed E-state index contributed by atoms with van der Waals surface area (Å²) in [4.78, 5) is 0. The molecule has 0 bridgehead atoms. The highest BCUT2D eigenvalue weighted by atomic mass is 19.2. The largest absolute Gasteiger partial charge is 0.235 e. The highest BCUT2D eigenvalue weighted by Gasteiger charge is 2.32. The van der Waals surface area contributed by atoms with Gasteiger partial charge in [-0.2, -0.15) is 0 Å². The van der Waals surface area contributed by atoms with Gasteiger partial charge in [0.2, 0.25) is 6.17 Å². The Morgan fingerprint density at radius 2 is 1.55 bits per heavy atom. The van der Waals surface area contributed by atoms with Crippen molar-refractivity contribution in [1.82, 2.24) is 0 Å². The second-order valence-corrected chi connectivity index (χ2v) is 2.01. The van der Waals surface area contributed by atoms with Gasteiger partial charge >= 0.3 is 0 Å². The van der Waals surface area contributed by atoms with Crippen LogP contribution in [0.2, 0.25) is 0 Å². The number of alkyl halides is 2. The van der Waals surface area contributed by atoms with Crippen LogP contribution in [0.15, 0.2) is 23.6 Å². The fourth-order valence-electron chi connectivity index (χ4n) is 0.671. The number of halogens is 5. The Labute approximate surface area is 59.0 Å². The molecule has 0 spiro atoms. The molecular formula is C6H3F5. The van der Waals surface area contributed by atoms with Crippen LogP contribution in [0, 0.1) is 0 Å². The molecule has 5 heteroatoms. The van der Waals surface area contributed by atoms with Crippen molar-refractivity contribution >= 4 is 0 Å². The summed E-state index contributed by atoms with van der Waals surface area (Å²) in [5, 5.41) is 0. The molecule has 0 heterocycles. The zero-order valence-corrected chi connectivity index (χ0v) is 5.12. The van der Waals surface area contributed by atoms with Crippen molar-refractivity contribution in [3.05, 3.63) is 23.6 Å². The number of hydrogen-bond acceptors (Lipinski definition) is 0. The fourth-order valence-corrected chi connectivity index (χ4v) is 0.671. The van der Waals surface area contributed by atoms with Gasteiger partial charge in [-0.1, -0.05) is 0 Å². The van der Waals surface area contributed by atoms with Gasteiger partial charge in [-0.25, -0.2) is 22.0 Å². The van der Waals surface area contributed by atoms with Crippen LogP contribution in [-0.4, -0.2) is 12.3 Å². The molecule has 0 fully saturated rings. The lowest BCUT2D eigenvalue weighted by Crippen LogP contribution is -2.15. The minimum absolute atomic E-state index is 0.0586. The molecule has 2 atom stereocenters. The summed E-state index contributed by atoms with van der Waals surface area (Å²) in [7, 11) is 0. The molecule has 0 saturated carbocycles. The van der Waals surface area contributed by atoms with Gasteiger partial charge < -0.3 is 0 Å². The fraction of sp³-hybridized carbons (Fsp3) is 0.333. The van der Waals surface area contributed by atoms with E-state index in [4.69, 9.17) is 0 Å². The molecule has 0 aromatic rings. The van der Waals surface area contributed by atoms with Crippen LogP contribution in [0.1, 0.15) is 0 Å². The van der Waals surface area contributed by atoms with E-state index in [9.17, 15) is 22.0 Å². The van der Waals surface area contributed by atoms with Gasteiger partial charge in [-0.3, -0.25) is 0 Å². The quantitative estimate of drug-likeness (QED) is 0.490. The minimum atomic E-state index is -2.78. The average Bonchev–Trinajstić information content (AvgIpc) is 1.97. The van der Waals surface area contributed by atoms with Crippen LogP contribution in [0.4, 0.5) is 22.0 Å². The third kappa shape index (κ3) is 1.27. The standard InChI is InChI=1S/C6H3F5/c7-2-1-3(8)5(10)6(11)4(2)9/h1-2,5H. The van der Waals surface area contributed by atoms with Crippen molar-refractivity contribution in [2.24, 2.45) is 0 Å². The molecular weight excluding hydrogens is 167 g/mol. The van der Waals surface area contributed by atoms with Crippen LogP contribution in [0.25, 0.3) is 0 Å². The van der Waals surface area contributed by atoms with E-state index >= 15 is 0 Å². The number of rotatable bonds is 0. The lowest BCUT2D eigenvalue weighted by molar-refractivity contribution is 0.262. The lowest BCUT2D eigenvalue weighted by atomic mass is 10.1. The predicted molar refractivity (Wildman–Crippen MR) is 28.2 cm³/mol. The second-order valence-electron chi connectivity index (χ2n) is 2.01. The van der Waals surface area contributed by atoms with Gasteiger partial charge in [0.1, 0.15) is 5.83 Å². The maximum atomic E-state index is 12.1. The monoisotopic (exact) mass is 170 g/mol. The SMILES string of the molecule is FC1=CC(F)C(F)=C(F)C1F. The second kappa shape index (κ2) is 2.64. The van der Waals surface area contributed by atoms with Crippen LogP contribution >= 0.6 is 0 Å². The molecule has 0 aromatic carbocycles. The third-order valence-electron chi connectivity index (χ3n) is 1.24. The summed E-state index contributed by atoms with van der Waals surface area (Å²) < 4.78 is 60.4. The van der Waals surface area contributed by atoms with Gasteiger partial charge in [0.25, 0.3) is 0 Å². The first kappa shape index (κ1) is 8.23. The van der Waals surface area contributed by atoms with E-state index in [0.29, 0.717) is 0 Å². The van der Waals surface area contributed by atoms with Crippen LogP contribution < -0.4 is 0 Å². The van der Waals surface area contributed by atoms with E-state index < -0.39 is 29.8 Å². The van der Waals surface area contributed by atoms with Gasteiger partial charge in [0.05, 0.1) is 0 Å². The zero-order valence-electron chi connectivity index (χ0n) is 5.12. The highest BCUT2D eigenvalue weighted by Crippen LogP contribution is 2.31. The van der Waals surface area contributed by atoms with Crippen molar-refractivity contribution in [2.75, 3.05) is 0 Å². The Balaban J connectivity index is 2.98. The Morgan fingerprint density at radius 3 is 2.09 bits per heavy atom. The molecule has 0 aromatic heterocycles. The molecule has 11 heavy (non-hydrogen) atoms. The van der Waals surface area contributed by atoms with Crippen molar-refractivity contribution < 1.29 is 22.0 Å². The molecule has 0 amide bonds. The van der Waals surface area contributed by atoms with Gasteiger partial charge in [-0.05, 0) is 6.08 Å². The minimum Gasteiger partial charge on any atom is -0.235 e. The summed E-state index contributed by atoms with van der Waals surface area (Å²) in [5.41, 5.74) is 0. The van der Waals surface area contributed by atoms with E-state index in [1.807, 2.05) is 0 Å². The summed E-state index contributed by atoms with van der Waals surface area (Å²) in [5.74, 6) is -5.53. The maximum absolute atomic E-state index is 12.1. The van der Waals surface area contributed by atoms with E-state index in [-0.39, 0.29) is 6.08 Å². The van der Waals surface area contributed by atoms with Crippen molar-refractivity contribution in [3.8, 4) is 0 Å².